The molecule has 1 aliphatic rings. The Morgan fingerprint density at radius 1 is 1.37 bits per heavy atom. The summed E-state index contributed by atoms with van der Waals surface area (Å²) < 4.78 is 0. The van der Waals surface area contributed by atoms with Gasteiger partial charge in [0, 0.05) is 19.2 Å². The van der Waals surface area contributed by atoms with Crippen molar-refractivity contribution in [3.8, 4) is 0 Å². The zero-order valence-electron chi connectivity index (χ0n) is 12.8. The van der Waals surface area contributed by atoms with Crippen molar-refractivity contribution in [2.75, 3.05) is 13.6 Å². The Hall–Kier alpha value is -1.64. The van der Waals surface area contributed by atoms with Gasteiger partial charge >= 0.3 is 0 Å². The third-order valence-corrected chi connectivity index (χ3v) is 3.05. The zero-order valence-corrected chi connectivity index (χ0v) is 12.8. The summed E-state index contributed by atoms with van der Waals surface area (Å²) in [5.74, 6) is -0.0156. The molecule has 0 saturated carbocycles. The fourth-order valence-electron chi connectivity index (χ4n) is 1.96. The average molecular weight is 260 g/mol. The van der Waals surface area contributed by atoms with Gasteiger partial charge in [-0.2, -0.15) is 0 Å². The van der Waals surface area contributed by atoms with Crippen LogP contribution in [0.15, 0.2) is 39.9 Å². The number of aliphatic imine (C=N–C) groups is 1. The van der Waals surface area contributed by atoms with Crippen LogP contribution in [0.1, 0.15) is 34.6 Å². The monoisotopic (exact) mass is 260 g/mol. The lowest BCUT2D eigenvalue weighted by Gasteiger charge is -2.21. The molecule has 0 heterocycles. The molecular weight excluding hydrogens is 236 g/mol. The molecule has 0 radical (unpaired) electrons. The molecule has 0 aromatic rings. The van der Waals surface area contributed by atoms with Gasteiger partial charge < -0.3 is 5.32 Å². The van der Waals surface area contributed by atoms with Gasteiger partial charge in [0.05, 0.1) is 5.71 Å². The second-order valence-electron chi connectivity index (χ2n) is 5.93. The molecule has 0 aromatic carbocycles. The minimum Gasteiger partial charge on any atom is -0.352 e. The van der Waals surface area contributed by atoms with Crippen LogP contribution in [0, 0.1) is 5.41 Å². The van der Waals surface area contributed by atoms with Crippen LogP contribution in [0.4, 0.5) is 0 Å². The average Bonchev–Trinajstić information content (AvgIpc) is 2.34. The Bertz CT molecular complexity index is 485. The highest BCUT2D eigenvalue weighted by Gasteiger charge is 2.20. The molecule has 1 rings (SSSR count). The van der Waals surface area contributed by atoms with Crippen molar-refractivity contribution in [3.63, 3.8) is 0 Å². The van der Waals surface area contributed by atoms with E-state index in [0.717, 1.165) is 22.4 Å². The molecule has 0 spiro atoms. The maximum Gasteiger partial charge on any atom is 0.251 e. The number of nitrogens with zero attached hydrogens (tertiary/aromatic N) is 1. The fraction of sp³-hybridized carbons (Fsp3) is 0.500. The van der Waals surface area contributed by atoms with Crippen LogP contribution < -0.4 is 5.32 Å². The maximum atomic E-state index is 12.2. The highest BCUT2D eigenvalue weighted by molar-refractivity contribution is 6.16. The molecule has 0 aliphatic heterocycles. The first-order valence-corrected chi connectivity index (χ1v) is 6.61. The molecular formula is C16H24N2O. The van der Waals surface area contributed by atoms with Crippen molar-refractivity contribution in [2.45, 2.75) is 34.6 Å². The van der Waals surface area contributed by atoms with Crippen molar-refractivity contribution in [1.82, 2.24) is 5.32 Å². The fourth-order valence-corrected chi connectivity index (χ4v) is 1.96. The summed E-state index contributed by atoms with van der Waals surface area (Å²) in [4.78, 5) is 16.4. The predicted molar refractivity (Wildman–Crippen MR) is 81.4 cm³/mol. The van der Waals surface area contributed by atoms with Crippen molar-refractivity contribution < 1.29 is 4.79 Å². The van der Waals surface area contributed by atoms with Crippen molar-refractivity contribution >= 4 is 11.6 Å². The molecule has 0 bridgehead atoms. The molecule has 0 atom stereocenters. The van der Waals surface area contributed by atoms with E-state index in [-0.39, 0.29) is 11.3 Å². The van der Waals surface area contributed by atoms with Gasteiger partial charge in [-0.05, 0) is 42.6 Å². The topological polar surface area (TPSA) is 41.5 Å². The van der Waals surface area contributed by atoms with Gasteiger partial charge in [-0.1, -0.05) is 26.8 Å². The van der Waals surface area contributed by atoms with Gasteiger partial charge in [0.15, 0.2) is 0 Å². The van der Waals surface area contributed by atoms with E-state index in [2.05, 4.69) is 31.1 Å². The standard InChI is InChI=1S/C16H24N2O/c1-7-12-11(2)13(8-9-14(12)17-6)15(19)18-10-16(3,4)5/h7-9H,10H2,1-6H3,(H,18,19)/b12-7-,17-14-. The Balaban J connectivity index is 2.95. The van der Waals surface area contributed by atoms with E-state index in [1.165, 1.54) is 0 Å². The lowest BCUT2D eigenvalue weighted by molar-refractivity contribution is -0.117. The molecule has 0 aromatic heterocycles. The first kappa shape index (κ1) is 15.4. The molecule has 3 nitrogen and oxygen atoms in total. The van der Waals surface area contributed by atoms with Crippen LogP contribution in [0.5, 0.6) is 0 Å². The smallest absolute Gasteiger partial charge is 0.251 e. The number of rotatable bonds is 2. The normalized spacial score (nSPS) is 20.3. The first-order chi connectivity index (χ1) is 8.80. The zero-order chi connectivity index (χ0) is 14.6. The number of hydrogen-bond donors (Lipinski definition) is 1. The van der Waals surface area contributed by atoms with E-state index >= 15 is 0 Å². The number of carbonyl (C=O) groups excluding carboxylic acids is 1. The highest BCUT2D eigenvalue weighted by Crippen LogP contribution is 2.23. The third kappa shape index (κ3) is 3.91. The largest absolute Gasteiger partial charge is 0.352 e. The van der Waals surface area contributed by atoms with E-state index < -0.39 is 0 Å². The van der Waals surface area contributed by atoms with Crippen LogP contribution in [0.3, 0.4) is 0 Å². The molecule has 1 amide bonds. The first-order valence-electron chi connectivity index (χ1n) is 6.61. The summed E-state index contributed by atoms with van der Waals surface area (Å²) in [5, 5.41) is 2.99. The second kappa shape index (κ2) is 6.00. The van der Waals surface area contributed by atoms with Crippen LogP contribution in [0.2, 0.25) is 0 Å². The Labute approximate surface area is 116 Å². The molecule has 19 heavy (non-hydrogen) atoms. The highest BCUT2D eigenvalue weighted by atomic mass is 16.1. The van der Waals surface area contributed by atoms with Gasteiger partial charge in [0.25, 0.3) is 5.91 Å². The number of amides is 1. The van der Waals surface area contributed by atoms with Crippen molar-refractivity contribution in [3.05, 3.63) is 34.9 Å². The lowest BCUT2D eigenvalue weighted by atomic mass is 9.90. The van der Waals surface area contributed by atoms with Crippen LogP contribution in [-0.4, -0.2) is 25.2 Å². The molecule has 1 aliphatic carbocycles. The summed E-state index contributed by atoms with van der Waals surface area (Å²) >= 11 is 0. The number of nitrogens with one attached hydrogen (secondary N) is 1. The Kier molecular flexibility index (Phi) is 4.87. The van der Waals surface area contributed by atoms with Crippen LogP contribution in [0.25, 0.3) is 0 Å². The molecule has 104 valence electrons. The molecule has 3 heteroatoms. The third-order valence-electron chi connectivity index (χ3n) is 3.05. The SMILES string of the molecule is C/C=C1/C(C)=C(C(=O)NCC(C)(C)C)C=C/C1=N/C. The Morgan fingerprint density at radius 2 is 2.00 bits per heavy atom. The number of hydrogen-bond acceptors (Lipinski definition) is 2. The minimum atomic E-state index is -0.0156. The maximum absolute atomic E-state index is 12.2. The molecule has 1 N–H and O–H groups in total. The predicted octanol–water partition coefficient (Wildman–Crippen LogP) is 3.05. The van der Waals surface area contributed by atoms with Crippen LogP contribution >= 0.6 is 0 Å². The molecule has 0 saturated heterocycles. The second-order valence-corrected chi connectivity index (χ2v) is 5.93. The van der Waals surface area contributed by atoms with E-state index in [4.69, 9.17) is 0 Å². The quantitative estimate of drug-likeness (QED) is 0.814. The summed E-state index contributed by atoms with van der Waals surface area (Å²) in [6.45, 7) is 10.9. The van der Waals surface area contributed by atoms with Gasteiger partial charge in [-0.15, -0.1) is 0 Å². The summed E-state index contributed by atoms with van der Waals surface area (Å²) in [5.41, 5.74) is 3.75. The van der Waals surface area contributed by atoms with Crippen molar-refractivity contribution in [2.24, 2.45) is 10.4 Å². The van der Waals surface area contributed by atoms with Crippen molar-refractivity contribution in [1.29, 1.82) is 0 Å². The van der Waals surface area contributed by atoms with E-state index in [0.29, 0.717) is 6.54 Å². The minimum absolute atomic E-state index is 0.0156. The van der Waals surface area contributed by atoms with E-state index in [1.54, 1.807) is 7.05 Å². The summed E-state index contributed by atoms with van der Waals surface area (Å²) in [6, 6.07) is 0. The summed E-state index contributed by atoms with van der Waals surface area (Å²) in [6.07, 6.45) is 5.75. The Morgan fingerprint density at radius 3 is 2.47 bits per heavy atom. The molecule has 0 fully saturated rings. The van der Waals surface area contributed by atoms with E-state index in [1.807, 2.05) is 32.1 Å². The number of allylic oxidation sites excluding steroid dienone is 4. The van der Waals surface area contributed by atoms with Gasteiger partial charge in [0.2, 0.25) is 0 Å². The summed E-state index contributed by atoms with van der Waals surface area (Å²) in [7, 11) is 1.77. The lowest BCUT2D eigenvalue weighted by Crippen LogP contribution is -2.33. The van der Waals surface area contributed by atoms with Gasteiger partial charge in [0.1, 0.15) is 0 Å². The molecule has 0 unspecified atom stereocenters. The van der Waals surface area contributed by atoms with Gasteiger partial charge in [-0.25, -0.2) is 0 Å². The van der Waals surface area contributed by atoms with E-state index in [9.17, 15) is 4.79 Å². The number of carbonyl (C=O) groups is 1. The van der Waals surface area contributed by atoms with Crippen LogP contribution in [-0.2, 0) is 4.79 Å². The van der Waals surface area contributed by atoms with Gasteiger partial charge in [-0.3, -0.25) is 9.79 Å².